The van der Waals surface area contributed by atoms with Crippen molar-refractivity contribution in [1.82, 2.24) is 5.43 Å². The highest BCUT2D eigenvalue weighted by atomic mass is 35.5. The molecule has 142 valence electrons. The third-order valence-corrected chi connectivity index (χ3v) is 4.63. The summed E-state index contributed by atoms with van der Waals surface area (Å²) in [5, 5.41) is 5.28. The predicted molar refractivity (Wildman–Crippen MR) is 113 cm³/mol. The van der Waals surface area contributed by atoms with Crippen LogP contribution in [0.4, 0.5) is 0 Å². The van der Waals surface area contributed by atoms with Crippen molar-refractivity contribution >= 4 is 34.8 Å². The molecule has 0 atom stereocenters. The van der Waals surface area contributed by atoms with Crippen LogP contribution in [0.2, 0.25) is 10.0 Å². The molecule has 0 heterocycles. The number of ether oxygens (including phenoxy) is 1. The number of halogens is 2. The molecule has 0 aliphatic carbocycles. The van der Waals surface area contributed by atoms with E-state index < -0.39 is 0 Å². The molecule has 1 N–H and O–H groups in total. The Morgan fingerprint density at radius 2 is 1.68 bits per heavy atom. The Labute approximate surface area is 173 Å². The zero-order chi connectivity index (χ0) is 19.9. The lowest BCUT2D eigenvalue weighted by atomic mass is 10.1. The van der Waals surface area contributed by atoms with Gasteiger partial charge in [-0.3, -0.25) is 4.79 Å². The van der Waals surface area contributed by atoms with E-state index in [0.717, 1.165) is 16.8 Å². The molecule has 0 aliphatic heterocycles. The second-order valence-corrected chi connectivity index (χ2v) is 6.90. The fourth-order valence-electron chi connectivity index (χ4n) is 2.45. The minimum atomic E-state index is -0.289. The summed E-state index contributed by atoms with van der Waals surface area (Å²) in [6.45, 7) is 2.15. The van der Waals surface area contributed by atoms with E-state index >= 15 is 0 Å². The number of hydrazone groups is 1. The average Bonchev–Trinajstić information content (AvgIpc) is 2.72. The van der Waals surface area contributed by atoms with Crippen molar-refractivity contribution in [2.24, 2.45) is 5.10 Å². The van der Waals surface area contributed by atoms with Crippen LogP contribution >= 0.6 is 23.2 Å². The lowest BCUT2D eigenvalue weighted by molar-refractivity contribution is 0.0955. The summed E-state index contributed by atoms with van der Waals surface area (Å²) in [5.41, 5.74) is 5.57. The lowest BCUT2D eigenvalue weighted by Crippen LogP contribution is -2.19. The maximum atomic E-state index is 12.3. The van der Waals surface area contributed by atoms with Crippen LogP contribution in [0.3, 0.4) is 0 Å². The van der Waals surface area contributed by atoms with E-state index in [-0.39, 0.29) is 5.91 Å². The number of hydrogen-bond acceptors (Lipinski definition) is 3. The lowest BCUT2D eigenvalue weighted by Gasteiger charge is -2.09. The minimum Gasteiger partial charge on any atom is -0.489 e. The summed E-state index contributed by atoms with van der Waals surface area (Å²) in [6.07, 6.45) is 0. The van der Waals surface area contributed by atoms with E-state index in [0.29, 0.717) is 28.0 Å². The van der Waals surface area contributed by atoms with Gasteiger partial charge in [-0.1, -0.05) is 59.6 Å². The summed E-state index contributed by atoms with van der Waals surface area (Å²) in [4.78, 5) is 12.3. The number of carbonyl (C=O) groups excluding carboxylic acids is 1. The fourth-order valence-corrected chi connectivity index (χ4v) is 2.91. The maximum Gasteiger partial charge on any atom is 0.271 e. The summed E-state index contributed by atoms with van der Waals surface area (Å²) >= 11 is 12.0. The zero-order valence-corrected chi connectivity index (χ0v) is 16.7. The summed E-state index contributed by atoms with van der Waals surface area (Å²) in [5.74, 6) is 0.342. The number of rotatable bonds is 6. The van der Waals surface area contributed by atoms with Gasteiger partial charge in [0.25, 0.3) is 5.91 Å². The van der Waals surface area contributed by atoms with Gasteiger partial charge < -0.3 is 4.74 Å². The maximum absolute atomic E-state index is 12.3. The minimum absolute atomic E-state index is 0.289. The highest BCUT2D eigenvalue weighted by Crippen LogP contribution is 2.23. The number of carbonyl (C=O) groups is 1. The Kier molecular flexibility index (Phi) is 6.69. The number of nitrogens with zero attached hydrogens (tertiary/aromatic N) is 1. The van der Waals surface area contributed by atoms with E-state index in [1.807, 2.05) is 43.3 Å². The third kappa shape index (κ3) is 5.35. The van der Waals surface area contributed by atoms with Crippen molar-refractivity contribution in [3.63, 3.8) is 0 Å². The van der Waals surface area contributed by atoms with Crippen LogP contribution in [0, 0.1) is 0 Å². The smallest absolute Gasteiger partial charge is 0.271 e. The highest BCUT2D eigenvalue weighted by Gasteiger charge is 2.07. The van der Waals surface area contributed by atoms with E-state index in [9.17, 15) is 4.79 Å². The van der Waals surface area contributed by atoms with Crippen LogP contribution in [0.1, 0.15) is 28.4 Å². The van der Waals surface area contributed by atoms with Crippen molar-refractivity contribution in [2.75, 3.05) is 0 Å². The number of benzene rings is 3. The molecule has 0 spiro atoms. The molecule has 4 nitrogen and oxygen atoms in total. The molecular formula is C22H18Cl2N2O2. The van der Waals surface area contributed by atoms with Crippen LogP contribution in [-0.2, 0) is 6.61 Å². The topological polar surface area (TPSA) is 50.7 Å². The first-order valence-electron chi connectivity index (χ1n) is 8.60. The van der Waals surface area contributed by atoms with Crippen LogP contribution in [0.15, 0.2) is 77.9 Å². The molecule has 0 fully saturated rings. The Morgan fingerprint density at radius 3 is 2.36 bits per heavy atom. The fraction of sp³-hybridized carbons (Fsp3) is 0.0909. The van der Waals surface area contributed by atoms with Gasteiger partial charge in [0.05, 0.1) is 5.71 Å². The van der Waals surface area contributed by atoms with Gasteiger partial charge in [-0.05, 0) is 48.9 Å². The molecule has 0 saturated heterocycles. The molecule has 0 aromatic heterocycles. The van der Waals surface area contributed by atoms with Crippen LogP contribution in [0.25, 0.3) is 0 Å². The number of hydrogen-bond donors (Lipinski definition) is 1. The summed E-state index contributed by atoms with van der Waals surface area (Å²) in [7, 11) is 0. The number of amides is 1. The molecule has 0 aliphatic rings. The van der Waals surface area contributed by atoms with Gasteiger partial charge in [0.15, 0.2) is 0 Å². The quantitative estimate of drug-likeness (QED) is 0.415. The van der Waals surface area contributed by atoms with E-state index in [4.69, 9.17) is 27.9 Å². The summed E-state index contributed by atoms with van der Waals surface area (Å²) in [6, 6.07) is 21.7. The first kappa shape index (κ1) is 19.9. The third-order valence-electron chi connectivity index (χ3n) is 4.04. The molecule has 6 heteroatoms. The van der Waals surface area contributed by atoms with Crippen molar-refractivity contribution in [1.29, 1.82) is 0 Å². The largest absolute Gasteiger partial charge is 0.489 e. The van der Waals surface area contributed by atoms with Gasteiger partial charge in [-0.25, -0.2) is 5.43 Å². The van der Waals surface area contributed by atoms with E-state index in [1.54, 1.807) is 36.4 Å². The van der Waals surface area contributed by atoms with Crippen molar-refractivity contribution in [3.8, 4) is 5.75 Å². The van der Waals surface area contributed by atoms with Crippen LogP contribution in [0.5, 0.6) is 5.75 Å². The summed E-state index contributed by atoms with van der Waals surface area (Å²) < 4.78 is 5.72. The second kappa shape index (κ2) is 9.40. The predicted octanol–water partition coefficient (Wildman–Crippen LogP) is 5.73. The zero-order valence-electron chi connectivity index (χ0n) is 15.2. The van der Waals surface area contributed by atoms with Crippen molar-refractivity contribution in [3.05, 3.63) is 99.5 Å². The Morgan fingerprint density at radius 1 is 0.964 bits per heavy atom. The highest BCUT2D eigenvalue weighted by molar-refractivity contribution is 6.35. The van der Waals surface area contributed by atoms with Gasteiger partial charge in [0.2, 0.25) is 0 Å². The van der Waals surface area contributed by atoms with Crippen molar-refractivity contribution < 1.29 is 9.53 Å². The standard InChI is InChI=1S/C22H18Cl2N2O2/c1-15(16-5-3-2-4-6-16)25-26-22(27)17-8-11-20(12-9-17)28-14-18-7-10-19(23)13-21(18)24/h2-13H,14H2,1H3,(H,26,27)/b25-15-. The number of nitrogens with one attached hydrogen (secondary N) is 1. The Balaban J connectivity index is 1.58. The molecular weight excluding hydrogens is 395 g/mol. The van der Waals surface area contributed by atoms with Crippen LogP contribution < -0.4 is 10.2 Å². The Bertz CT molecular complexity index is 987. The monoisotopic (exact) mass is 412 g/mol. The first-order valence-corrected chi connectivity index (χ1v) is 9.35. The van der Waals surface area contributed by atoms with Crippen LogP contribution in [-0.4, -0.2) is 11.6 Å². The van der Waals surface area contributed by atoms with Gasteiger partial charge >= 0.3 is 0 Å². The average molecular weight is 413 g/mol. The van der Waals surface area contributed by atoms with E-state index in [2.05, 4.69) is 10.5 Å². The normalized spacial score (nSPS) is 11.2. The molecule has 3 rings (SSSR count). The second-order valence-electron chi connectivity index (χ2n) is 6.05. The molecule has 0 radical (unpaired) electrons. The SMILES string of the molecule is C/C(=N/NC(=O)c1ccc(OCc2ccc(Cl)cc2Cl)cc1)c1ccccc1. The molecule has 3 aromatic carbocycles. The van der Waals surface area contributed by atoms with Crippen molar-refractivity contribution in [2.45, 2.75) is 13.5 Å². The van der Waals surface area contributed by atoms with Gasteiger partial charge in [0.1, 0.15) is 12.4 Å². The molecule has 1 amide bonds. The van der Waals surface area contributed by atoms with Gasteiger partial charge in [-0.2, -0.15) is 5.10 Å². The first-order chi connectivity index (χ1) is 13.5. The molecule has 0 saturated carbocycles. The van der Waals surface area contributed by atoms with Gasteiger partial charge in [-0.15, -0.1) is 0 Å². The van der Waals surface area contributed by atoms with Gasteiger partial charge in [0, 0.05) is 21.2 Å². The Hall–Kier alpha value is -2.82. The molecule has 0 bridgehead atoms. The molecule has 28 heavy (non-hydrogen) atoms. The molecule has 3 aromatic rings. The van der Waals surface area contributed by atoms with E-state index in [1.165, 1.54) is 0 Å². The molecule has 0 unspecified atom stereocenters.